The summed E-state index contributed by atoms with van der Waals surface area (Å²) in [7, 11) is 0. The Morgan fingerprint density at radius 2 is 1.88 bits per heavy atom. The molecule has 2 saturated heterocycles. The van der Waals surface area contributed by atoms with E-state index in [9.17, 15) is 9.59 Å². The van der Waals surface area contributed by atoms with E-state index < -0.39 is 0 Å². The second-order valence-corrected chi connectivity index (χ2v) is 8.69. The highest BCUT2D eigenvalue weighted by molar-refractivity contribution is 5.85. The Hall–Kier alpha value is -1.88. The van der Waals surface area contributed by atoms with Gasteiger partial charge in [0.2, 0.25) is 11.8 Å². The summed E-state index contributed by atoms with van der Waals surface area (Å²) in [6.07, 6.45) is 0.995. The molecule has 5 heteroatoms. The molecule has 2 N–H and O–H groups in total. The molecule has 134 valence electrons. The monoisotopic (exact) mass is 341 g/mol. The maximum Gasteiger partial charge on any atom is 0.226 e. The van der Waals surface area contributed by atoms with Gasteiger partial charge in [-0.05, 0) is 17.4 Å². The van der Waals surface area contributed by atoms with Gasteiger partial charge in [-0.15, -0.1) is 0 Å². The lowest BCUT2D eigenvalue weighted by molar-refractivity contribution is -0.151. The van der Waals surface area contributed by atoms with Gasteiger partial charge in [-0.3, -0.25) is 9.59 Å². The number of nitrogens with one attached hydrogen (secondary N) is 2. The highest BCUT2D eigenvalue weighted by atomic mass is 16.2. The molecule has 1 saturated carbocycles. The van der Waals surface area contributed by atoms with E-state index in [1.165, 1.54) is 0 Å². The molecule has 0 aromatic heterocycles. The van der Waals surface area contributed by atoms with Crippen molar-refractivity contribution < 1.29 is 9.59 Å². The van der Waals surface area contributed by atoms with Crippen molar-refractivity contribution in [2.45, 2.75) is 26.8 Å². The van der Waals surface area contributed by atoms with Gasteiger partial charge in [-0.2, -0.15) is 0 Å². The van der Waals surface area contributed by atoms with Crippen LogP contribution in [0.2, 0.25) is 0 Å². The summed E-state index contributed by atoms with van der Waals surface area (Å²) in [5.41, 5.74) is 1.20. The Morgan fingerprint density at radius 1 is 1.20 bits per heavy atom. The van der Waals surface area contributed by atoms with E-state index in [0.29, 0.717) is 13.1 Å². The summed E-state index contributed by atoms with van der Waals surface area (Å²) in [6.45, 7) is 7.84. The molecule has 2 amide bonds. The number of carbonyl (C=O) groups is 2. The zero-order valence-corrected chi connectivity index (χ0v) is 15.0. The Morgan fingerprint density at radius 3 is 2.52 bits per heavy atom. The number of rotatable bonds is 4. The summed E-state index contributed by atoms with van der Waals surface area (Å²) in [5.74, 6) is 0.524. The largest absolute Gasteiger partial charge is 0.352 e. The summed E-state index contributed by atoms with van der Waals surface area (Å²) < 4.78 is 0. The second-order valence-electron chi connectivity index (χ2n) is 8.69. The number of hydrogen-bond donors (Lipinski definition) is 2. The molecule has 2 atom stereocenters. The van der Waals surface area contributed by atoms with E-state index in [-0.39, 0.29) is 34.5 Å². The zero-order chi connectivity index (χ0) is 17.7. The third-order valence-electron chi connectivity index (χ3n) is 6.33. The number of likely N-dealkylation sites (tertiary alicyclic amines) is 1. The standard InChI is InChI=1S/C20H27N3O2/c1-19(2)8-15(19)18(25)23-12-20(13-23)11-21-10-16(20)17(24)22-9-14-6-4-3-5-7-14/h3-7,15-16,21H,8-13H2,1-2H3,(H,22,24)/t15-,16+/m1/s1. The van der Waals surface area contributed by atoms with Crippen LogP contribution in [0.3, 0.4) is 0 Å². The van der Waals surface area contributed by atoms with Crippen LogP contribution >= 0.6 is 0 Å². The van der Waals surface area contributed by atoms with E-state index in [1.807, 2.05) is 35.2 Å². The zero-order valence-electron chi connectivity index (χ0n) is 15.0. The highest BCUT2D eigenvalue weighted by Gasteiger charge is 2.59. The van der Waals surface area contributed by atoms with Crippen molar-refractivity contribution in [3.63, 3.8) is 0 Å². The van der Waals surface area contributed by atoms with E-state index >= 15 is 0 Å². The maximum absolute atomic E-state index is 12.7. The molecular formula is C20H27N3O2. The fourth-order valence-electron chi connectivity index (χ4n) is 4.40. The van der Waals surface area contributed by atoms with E-state index in [1.54, 1.807) is 0 Å². The molecule has 3 fully saturated rings. The molecule has 25 heavy (non-hydrogen) atoms. The molecule has 1 aromatic carbocycles. The molecule has 2 aliphatic heterocycles. The predicted molar refractivity (Wildman–Crippen MR) is 95.5 cm³/mol. The highest BCUT2D eigenvalue weighted by Crippen LogP contribution is 2.54. The van der Waals surface area contributed by atoms with Gasteiger partial charge in [0.15, 0.2) is 0 Å². The van der Waals surface area contributed by atoms with Gasteiger partial charge in [0, 0.05) is 44.1 Å². The van der Waals surface area contributed by atoms with Gasteiger partial charge in [0.1, 0.15) is 0 Å². The van der Waals surface area contributed by atoms with Crippen LogP contribution in [-0.4, -0.2) is 42.9 Å². The van der Waals surface area contributed by atoms with Crippen molar-refractivity contribution in [3.05, 3.63) is 35.9 Å². The maximum atomic E-state index is 12.7. The first kappa shape index (κ1) is 16.6. The first-order valence-corrected chi connectivity index (χ1v) is 9.22. The first-order valence-electron chi connectivity index (χ1n) is 9.22. The van der Waals surface area contributed by atoms with Crippen LogP contribution in [0.15, 0.2) is 30.3 Å². The molecule has 4 rings (SSSR count). The van der Waals surface area contributed by atoms with Crippen molar-refractivity contribution in [1.82, 2.24) is 15.5 Å². The summed E-state index contributed by atoms with van der Waals surface area (Å²) in [6, 6.07) is 9.97. The van der Waals surface area contributed by atoms with Crippen LogP contribution < -0.4 is 10.6 Å². The molecule has 5 nitrogen and oxygen atoms in total. The summed E-state index contributed by atoms with van der Waals surface area (Å²) in [5, 5.41) is 6.44. The van der Waals surface area contributed by atoms with Gasteiger partial charge < -0.3 is 15.5 Å². The number of carbonyl (C=O) groups excluding carboxylic acids is 2. The van der Waals surface area contributed by atoms with Gasteiger partial charge >= 0.3 is 0 Å². The lowest BCUT2D eigenvalue weighted by Gasteiger charge is -2.50. The minimum Gasteiger partial charge on any atom is -0.352 e. The molecule has 1 aliphatic carbocycles. The quantitative estimate of drug-likeness (QED) is 0.870. The van der Waals surface area contributed by atoms with Gasteiger partial charge in [-0.25, -0.2) is 0 Å². The molecule has 3 aliphatic rings. The van der Waals surface area contributed by atoms with Crippen LogP contribution in [0, 0.1) is 22.7 Å². The molecule has 2 heterocycles. The number of amides is 2. The normalized spacial score (nSPS) is 28.5. The molecule has 0 radical (unpaired) electrons. The Labute approximate surface area is 149 Å². The smallest absolute Gasteiger partial charge is 0.226 e. The van der Waals surface area contributed by atoms with Crippen molar-refractivity contribution in [3.8, 4) is 0 Å². The van der Waals surface area contributed by atoms with Crippen LogP contribution in [-0.2, 0) is 16.1 Å². The summed E-state index contributed by atoms with van der Waals surface area (Å²) >= 11 is 0. The number of benzene rings is 1. The van der Waals surface area contributed by atoms with E-state index in [0.717, 1.165) is 31.6 Å². The average Bonchev–Trinajstić information content (AvgIpc) is 3.01. The van der Waals surface area contributed by atoms with Crippen molar-refractivity contribution in [2.24, 2.45) is 22.7 Å². The molecule has 1 spiro atoms. The van der Waals surface area contributed by atoms with Gasteiger partial charge in [0.25, 0.3) is 0 Å². The Bertz CT molecular complexity index is 679. The molecular weight excluding hydrogens is 314 g/mol. The topological polar surface area (TPSA) is 61.4 Å². The minimum absolute atomic E-state index is 0.0486. The summed E-state index contributed by atoms with van der Waals surface area (Å²) in [4.78, 5) is 27.2. The fourth-order valence-corrected chi connectivity index (χ4v) is 4.40. The third kappa shape index (κ3) is 2.95. The third-order valence-corrected chi connectivity index (χ3v) is 6.33. The van der Waals surface area contributed by atoms with E-state index in [4.69, 9.17) is 0 Å². The van der Waals surface area contributed by atoms with Crippen LogP contribution in [0.5, 0.6) is 0 Å². The van der Waals surface area contributed by atoms with Crippen molar-refractivity contribution >= 4 is 11.8 Å². The predicted octanol–water partition coefficient (Wildman–Crippen LogP) is 1.40. The van der Waals surface area contributed by atoms with Crippen LogP contribution in [0.25, 0.3) is 0 Å². The van der Waals surface area contributed by atoms with Crippen LogP contribution in [0.4, 0.5) is 0 Å². The van der Waals surface area contributed by atoms with Crippen molar-refractivity contribution in [2.75, 3.05) is 26.2 Å². The molecule has 0 unspecified atom stereocenters. The Balaban J connectivity index is 1.34. The lowest BCUT2D eigenvalue weighted by Crippen LogP contribution is -2.64. The van der Waals surface area contributed by atoms with Gasteiger partial charge in [0.05, 0.1) is 5.92 Å². The fraction of sp³-hybridized carbons (Fsp3) is 0.600. The van der Waals surface area contributed by atoms with Crippen molar-refractivity contribution in [1.29, 1.82) is 0 Å². The average molecular weight is 341 g/mol. The first-order chi connectivity index (χ1) is 11.9. The lowest BCUT2D eigenvalue weighted by atomic mass is 9.71. The van der Waals surface area contributed by atoms with E-state index in [2.05, 4.69) is 24.5 Å². The van der Waals surface area contributed by atoms with Crippen LogP contribution in [0.1, 0.15) is 25.8 Å². The number of hydrogen-bond acceptors (Lipinski definition) is 3. The minimum atomic E-state index is -0.0739. The van der Waals surface area contributed by atoms with Gasteiger partial charge in [-0.1, -0.05) is 44.2 Å². The SMILES string of the molecule is CC1(C)C[C@@H]1C(=O)N1CC2(CNC[C@H]2C(=O)NCc2ccccc2)C1. The molecule has 0 bridgehead atoms. The Kier molecular flexibility index (Phi) is 3.87. The molecule has 1 aromatic rings. The second kappa shape index (κ2) is 5.84. The number of nitrogens with zero attached hydrogens (tertiary/aromatic N) is 1.